The van der Waals surface area contributed by atoms with Gasteiger partial charge in [-0.25, -0.2) is 4.98 Å². The Labute approximate surface area is 108 Å². The summed E-state index contributed by atoms with van der Waals surface area (Å²) in [5.41, 5.74) is 1.38. The number of amides is 1. The van der Waals surface area contributed by atoms with Crippen LogP contribution in [0, 0.1) is 6.92 Å². The number of carbonyl (C=O) groups excluding carboxylic acids is 1. The summed E-state index contributed by atoms with van der Waals surface area (Å²) in [6, 6.07) is 3.59. The minimum Gasteiger partial charge on any atom is -0.336 e. The number of hydrogen-bond donors (Lipinski definition) is 0. The molecule has 1 rings (SSSR count). The summed E-state index contributed by atoms with van der Waals surface area (Å²) >= 11 is 5.87. The second kappa shape index (κ2) is 6.01. The first-order valence-corrected chi connectivity index (χ1v) is 6.28. The van der Waals surface area contributed by atoms with Crippen LogP contribution in [0.25, 0.3) is 0 Å². The first-order valence-electron chi connectivity index (χ1n) is 5.90. The molecule has 17 heavy (non-hydrogen) atoms. The van der Waals surface area contributed by atoms with Gasteiger partial charge in [-0.1, -0.05) is 18.5 Å². The fraction of sp³-hybridized carbons (Fsp3) is 0.538. The molecule has 0 aliphatic heterocycles. The molecule has 1 amide bonds. The average Bonchev–Trinajstić information content (AvgIpc) is 2.23. The van der Waals surface area contributed by atoms with Gasteiger partial charge < -0.3 is 4.90 Å². The van der Waals surface area contributed by atoms with Crippen molar-refractivity contribution in [3.05, 3.63) is 28.5 Å². The SMILES string of the molecule is CCCN(C(=O)c1cc(C)nc(Cl)c1)C(C)C. The van der Waals surface area contributed by atoms with Gasteiger partial charge in [-0.15, -0.1) is 0 Å². The molecule has 0 atom stereocenters. The molecule has 0 saturated carbocycles. The lowest BCUT2D eigenvalue weighted by atomic mass is 10.1. The van der Waals surface area contributed by atoms with Crippen LogP contribution in [0.4, 0.5) is 0 Å². The molecule has 0 fully saturated rings. The topological polar surface area (TPSA) is 33.2 Å². The molecule has 0 radical (unpaired) electrons. The maximum atomic E-state index is 12.3. The van der Waals surface area contributed by atoms with Crippen molar-refractivity contribution in [1.29, 1.82) is 0 Å². The third-order valence-electron chi connectivity index (χ3n) is 2.52. The summed E-state index contributed by atoms with van der Waals surface area (Å²) in [5.74, 6) is 0.0225. The molecule has 0 saturated heterocycles. The Morgan fingerprint density at radius 3 is 2.59 bits per heavy atom. The first kappa shape index (κ1) is 14.0. The van der Waals surface area contributed by atoms with Crippen LogP contribution >= 0.6 is 11.6 Å². The number of rotatable bonds is 4. The number of pyridine rings is 1. The number of halogens is 1. The summed E-state index contributed by atoms with van der Waals surface area (Å²) in [5, 5.41) is 0.369. The summed E-state index contributed by atoms with van der Waals surface area (Å²) in [6.45, 7) is 8.69. The highest BCUT2D eigenvalue weighted by molar-refractivity contribution is 6.29. The minimum absolute atomic E-state index is 0.0225. The average molecular weight is 255 g/mol. The molecule has 3 nitrogen and oxygen atoms in total. The normalized spacial score (nSPS) is 10.7. The minimum atomic E-state index is 0.0225. The molecule has 4 heteroatoms. The van der Waals surface area contributed by atoms with Gasteiger partial charge >= 0.3 is 0 Å². The van der Waals surface area contributed by atoms with E-state index in [0.717, 1.165) is 18.7 Å². The van der Waals surface area contributed by atoms with Gasteiger partial charge in [0.1, 0.15) is 5.15 Å². The smallest absolute Gasteiger partial charge is 0.254 e. The Morgan fingerprint density at radius 2 is 2.12 bits per heavy atom. The maximum absolute atomic E-state index is 12.3. The standard InChI is InChI=1S/C13H19ClN2O/c1-5-6-16(9(2)3)13(17)11-7-10(4)15-12(14)8-11/h7-9H,5-6H2,1-4H3. The van der Waals surface area contributed by atoms with Crippen molar-refractivity contribution in [3.63, 3.8) is 0 Å². The van der Waals surface area contributed by atoms with E-state index >= 15 is 0 Å². The van der Waals surface area contributed by atoms with E-state index in [1.54, 1.807) is 12.1 Å². The molecule has 0 N–H and O–H groups in total. The molecular formula is C13H19ClN2O. The largest absolute Gasteiger partial charge is 0.336 e. The van der Waals surface area contributed by atoms with E-state index in [2.05, 4.69) is 11.9 Å². The maximum Gasteiger partial charge on any atom is 0.254 e. The molecule has 1 aromatic rings. The Bertz CT molecular complexity index is 384. The molecule has 0 aliphatic rings. The molecule has 0 spiro atoms. The van der Waals surface area contributed by atoms with Crippen molar-refractivity contribution in [2.45, 2.75) is 40.2 Å². The molecular weight excluding hydrogens is 236 g/mol. The van der Waals surface area contributed by atoms with E-state index < -0.39 is 0 Å². The molecule has 0 unspecified atom stereocenters. The van der Waals surface area contributed by atoms with E-state index in [-0.39, 0.29) is 11.9 Å². The number of aryl methyl sites for hydroxylation is 1. The third-order valence-corrected chi connectivity index (χ3v) is 2.71. The number of nitrogens with zero attached hydrogens (tertiary/aromatic N) is 2. The van der Waals surface area contributed by atoms with Crippen LogP contribution in [-0.4, -0.2) is 28.4 Å². The summed E-state index contributed by atoms with van der Waals surface area (Å²) in [7, 11) is 0. The summed E-state index contributed by atoms with van der Waals surface area (Å²) in [4.78, 5) is 18.2. The van der Waals surface area contributed by atoms with E-state index in [1.165, 1.54) is 0 Å². The van der Waals surface area contributed by atoms with Gasteiger partial charge in [0.15, 0.2) is 0 Å². The lowest BCUT2D eigenvalue weighted by Gasteiger charge is -2.26. The number of hydrogen-bond acceptors (Lipinski definition) is 2. The van der Waals surface area contributed by atoms with Crippen LogP contribution in [0.15, 0.2) is 12.1 Å². The second-order valence-electron chi connectivity index (χ2n) is 4.41. The number of aromatic nitrogens is 1. The predicted octanol–water partition coefficient (Wildman–Crippen LogP) is 3.30. The second-order valence-corrected chi connectivity index (χ2v) is 4.80. The molecule has 1 aromatic heterocycles. The monoisotopic (exact) mass is 254 g/mol. The van der Waals surface area contributed by atoms with Gasteiger partial charge in [0.2, 0.25) is 0 Å². The molecule has 94 valence electrons. The fourth-order valence-electron chi connectivity index (χ4n) is 1.75. The zero-order valence-corrected chi connectivity index (χ0v) is 11.6. The number of carbonyl (C=O) groups is 1. The Morgan fingerprint density at radius 1 is 1.47 bits per heavy atom. The van der Waals surface area contributed by atoms with Crippen molar-refractivity contribution in [3.8, 4) is 0 Å². The third kappa shape index (κ3) is 3.70. The predicted molar refractivity (Wildman–Crippen MR) is 70.4 cm³/mol. The highest BCUT2D eigenvalue weighted by Crippen LogP contribution is 2.14. The Kier molecular flexibility index (Phi) is 4.94. The van der Waals surface area contributed by atoms with Crippen LogP contribution in [-0.2, 0) is 0 Å². The molecule has 0 bridgehead atoms. The highest BCUT2D eigenvalue weighted by atomic mass is 35.5. The van der Waals surface area contributed by atoms with Crippen molar-refractivity contribution in [2.75, 3.05) is 6.54 Å². The fourth-order valence-corrected chi connectivity index (χ4v) is 2.00. The van der Waals surface area contributed by atoms with E-state index in [1.807, 2.05) is 25.7 Å². The van der Waals surface area contributed by atoms with Gasteiger partial charge in [-0.05, 0) is 39.3 Å². The lowest BCUT2D eigenvalue weighted by Crippen LogP contribution is -2.37. The van der Waals surface area contributed by atoms with Crippen molar-refractivity contribution >= 4 is 17.5 Å². The van der Waals surface area contributed by atoms with Crippen molar-refractivity contribution in [2.24, 2.45) is 0 Å². The van der Waals surface area contributed by atoms with Crippen LogP contribution in [0.1, 0.15) is 43.2 Å². The van der Waals surface area contributed by atoms with Crippen molar-refractivity contribution in [1.82, 2.24) is 9.88 Å². The molecule has 1 heterocycles. The van der Waals surface area contributed by atoms with Gasteiger partial charge in [0.25, 0.3) is 5.91 Å². The summed E-state index contributed by atoms with van der Waals surface area (Å²) < 4.78 is 0. The quantitative estimate of drug-likeness (QED) is 0.773. The summed E-state index contributed by atoms with van der Waals surface area (Å²) in [6.07, 6.45) is 0.946. The van der Waals surface area contributed by atoms with E-state index in [9.17, 15) is 4.79 Å². The zero-order valence-electron chi connectivity index (χ0n) is 10.8. The van der Waals surface area contributed by atoms with E-state index in [4.69, 9.17) is 11.6 Å². The van der Waals surface area contributed by atoms with Crippen LogP contribution < -0.4 is 0 Å². The van der Waals surface area contributed by atoms with Crippen LogP contribution in [0.5, 0.6) is 0 Å². The Hall–Kier alpha value is -1.09. The molecule has 0 aromatic carbocycles. The highest BCUT2D eigenvalue weighted by Gasteiger charge is 2.18. The first-order chi connectivity index (χ1) is 7.95. The van der Waals surface area contributed by atoms with Gasteiger partial charge in [-0.3, -0.25) is 4.79 Å². The Balaban J connectivity index is 3.00. The van der Waals surface area contributed by atoms with Crippen LogP contribution in [0.2, 0.25) is 5.15 Å². The zero-order chi connectivity index (χ0) is 13.0. The van der Waals surface area contributed by atoms with Crippen LogP contribution in [0.3, 0.4) is 0 Å². The lowest BCUT2D eigenvalue weighted by molar-refractivity contribution is 0.0705. The van der Waals surface area contributed by atoms with Gasteiger partial charge in [0, 0.05) is 23.8 Å². The van der Waals surface area contributed by atoms with E-state index in [0.29, 0.717) is 10.7 Å². The van der Waals surface area contributed by atoms with Crippen molar-refractivity contribution < 1.29 is 4.79 Å². The molecule has 0 aliphatic carbocycles. The van der Waals surface area contributed by atoms with Gasteiger partial charge in [-0.2, -0.15) is 0 Å². The van der Waals surface area contributed by atoms with Gasteiger partial charge in [0.05, 0.1) is 0 Å².